The Morgan fingerprint density at radius 3 is 3.07 bits per heavy atom. The van der Waals surface area contributed by atoms with Crippen molar-refractivity contribution < 1.29 is 4.79 Å². The molecule has 1 saturated heterocycles. The van der Waals surface area contributed by atoms with Crippen molar-refractivity contribution in [1.82, 2.24) is 4.90 Å². The molecule has 1 amide bonds. The Labute approximate surface area is 94.0 Å². The van der Waals surface area contributed by atoms with E-state index in [1.807, 2.05) is 0 Å². The molecule has 0 radical (unpaired) electrons. The average Bonchev–Trinajstić information content (AvgIpc) is 2.52. The molecule has 6 heteroatoms. The summed E-state index contributed by atoms with van der Waals surface area (Å²) in [5.41, 5.74) is 8.21. The predicted molar refractivity (Wildman–Crippen MR) is 58.7 cm³/mol. The molecule has 0 bridgehead atoms. The lowest BCUT2D eigenvalue weighted by atomic mass is 10.1. The fourth-order valence-corrected chi connectivity index (χ4v) is 1.91. The van der Waals surface area contributed by atoms with Crippen molar-refractivity contribution in [3.05, 3.63) is 10.4 Å². The van der Waals surface area contributed by atoms with E-state index in [1.54, 1.807) is 4.90 Å². The second-order valence-corrected chi connectivity index (χ2v) is 4.47. The number of nitrogens with zero attached hydrogens (tertiary/aromatic N) is 4. The van der Waals surface area contributed by atoms with Crippen molar-refractivity contribution in [2.24, 2.45) is 5.11 Å². The van der Waals surface area contributed by atoms with Crippen LogP contribution >= 0.6 is 11.6 Å². The molecule has 1 fully saturated rings. The first-order valence-electron chi connectivity index (χ1n) is 5.13. The van der Waals surface area contributed by atoms with Crippen LogP contribution in [0.2, 0.25) is 0 Å². The molecule has 1 rings (SSSR count). The fourth-order valence-electron chi connectivity index (χ4n) is 1.66. The third kappa shape index (κ3) is 2.76. The van der Waals surface area contributed by atoms with E-state index in [2.05, 4.69) is 16.9 Å². The number of carbonyl (C=O) groups excluding carboxylic acids is 1. The molecule has 5 nitrogen and oxygen atoms in total. The summed E-state index contributed by atoms with van der Waals surface area (Å²) in [4.78, 5) is 15.3. The van der Waals surface area contributed by atoms with Crippen LogP contribution in [-0.4, -0.2) is 35.3 Å². The van der Waals surface area contributed by atoms with Crippen LogP contribution in [-0.2, 0) is 4.79 Å². The number of halogens is 1. The first kappa shape index (κ1) is 12.1. The standard InChI is InChI=1S/C9H15ClN4O/c1-2-3-5-14-6-4-9(10,8(14)15)7-12-13-11/h2-7H2,1H3. The van der Waals surface area contributed by atoms with Crippen molar-refractivity contribution in [2.45, 2.75) is 31.1 Å². The van der Waals surface area contributed by atoms with E-state index in [0.717, 1.165) is 19.4 Å². The highest BCUT2D eigenvalue weighted by molar-refractivity contribution is 6.35. The van der Waals surface area contributed by atoms with Crippen LogP contribution in [0, 0.1) is 0 Å². The maximum absolute atomic E-state index is 11.8. The highest BCUT2D eigenvalue weighted by Gasteiger charge is 2.44. The minimum Gasteiger partial charge on any atom is -0.341 e. The average molecular weight is 231 g/mol. The molecule has 1 aliphatic heterocycles. The van der Waals surface area contributed by atoms with Gasteiger partial charge in [-0.1, -0.05) is 18.5 Å². The number of alkyl halides is 1. The van der Waals surface area contributed by atoms with E-state index in [4.69, 9.17) is 17.1 Å². The molecule has 0 N–H and O–H groups in total. The van der Waals surface area contributed by atoms with Gasteiger partial charge in [0.1, 0.15) is 4.87 Å². The lowest BCUT2D eigenvalue weighted by Crippen LogP contribution is -2.38. The van der Waals surface area contributed by atoms with Crippen LogP contribution in [0.15, 0.2) is 5.11 Å². The number of likely N-dealkylation sites (tertiary alicyclic amines) is 1. The molecule has 0 aromatic heterocycles. The van der Waals surface area contributed by atoms with Gasteiger partial charge in [-0.2, -0.15) is 0 Å². The van der Waals surface area contributed by atoms with Crippen molar-refractivity contribution in [3.8, 4) is 0 Å². The van der Waals surface area contributed by atoms with E-state index in [0.29, 0.717) is 13.0 Å². The van der Waals surface area contributed by atoms with E-state index in [1.165, 1.54) is 0 Å². The molecule has 0 aliphatic carbocycles. The zero-order valence-corrected chi connectivity index (χ0v) is 9.57. The van der Waals surface area contributed by atoms with Gasteiger partial charge in [0.2, 0.25) is 5.91 Å². The third-order valence-electron chi connectivity index (χ3n) is 2.61. The monoisotopic (exact) mass is 230 g/mol. The van der Waals surface area contributed by atoms with Gasteiger partial charge in [0.05, 0.1) is 6.54 Å². The summed E-state index contributed by atoms with van der Waals surface area (Å²) in [6.07, 6.45) is 2.60. The zero-order valence-electron chi connectivity index (χ0n) is 8.82. The molecule has 84 valence electrons. The summed E-state index contributed by atoms with van der Waals surface area (Å²) in [6, 6.07) is 0. The Hall–Kier alpha value is -0.930. The first-order valence-corrected chi connectivity index (χ1v) is 5.51. The lowest BCUT2D eigenvalue weighted by Gasteiger charge is -2.19. The number of amides is 1. The lowest BCUT2D eigenvalue weighted by molar-refractivity contribution is -0.129. The molecule has 0 aromatic rings. The zero-order chi connectivity index (χ0) is 11.3. The summed E-state index contributed by atoms with van der Waals surface area (Å²) >= 11 is 6.12. The van der Waals surface area contributed by atoms with Crippen LogP contribution in [0.4, 0.5) is 0 Å². The first-order chi connectivity index (χ1) is 7.14. The fraction of sp³-hybridized carbons (Fsp3) is 0.889. The predicted octanol–water partition coefficient (Wildman–Crippen LogP) is 2.31. The number of hydrogen-bond acceptors (Lipinski definition) is 2. The van der Waals surface area contributed by atoms with Gasteiger partial charge in [0, 0.05) is 18.0 Å². The molecule has 1 heterocycles. The molecule has 1 atom stereocenters. The number of hydrogen-bond donors (Lipinski definition) is 0. The number of rotatable bonds is 5. The van der Waals surface area contributed by atoms with Crippen molar-refractivity contribution >= 4 is 17.5 Å². The number of unbranched alkanes of at least 4 members (excludes halogenated alkanes) is 1. The Bertz CT molecular complexity index is 290. The highest BCUT2D eigenvalue weighted by Crippen LogP contribution is 2.30. The van der Waals surface area contributed by atoms with E-state index >= 15 is 0 Å². The maximum atomic E-state index is 11.8. The van der Waals surface area contributed by atoms with Gasteiger partial charge in [-0.3, -0.25) is 4.79 Å². The second-order valence-electron chi connectivity index (χ2n) is 3.75. The molecular weight excluding hydrogens is 216 g/mol. The summed E-state index contributed by atoms with van der Waals surface area (Å²) < 4.78 is 0. The second kappa shape index (κ2) is 5.24. The van der Waals surface area contributed by atoms with Gasteiger partial charge in [-0.15, -0.1) is 11.6 Å². The van der Waals surface area contributed by atoms with E-state index in [-0.39, 0.29) is 12.5 Å². The Morgan fingerprint density at radius 2 is 2.47 bits per heavy atom. The summed E-state index contributed by atoms with van der Waals surface area (Å²) in [5.74, 6) is -0.0926. The van der Waals surface area contributed by atoms with Gasteiger partial charge >= 0.3 is 0 Å². The highest BCUT2D eigenvalue weighted by atomic mass is 35.5. The summed E-state index contributed by atoms with van der Waals surface area (Å²) in [6.45, 7) is 3.55. The van der Waals surface area contributed by atoms with Gasteiger partial charge in [-0.05, 0) is 18.4 Å². The van der Waals surface area contributed by atoms with Crippen LogP contribution in [0.5, 0.6) is 0 Å². The molecule has 15 heavy (non-hydrogen) atoms. The number of azide groups is 1. The van der Waals surface area contributed by atoms with Crippen molar-refractivity contribution in [1.29, 1.82) is 0 Å². The van der Waals surface area contributed by atoms with Crippen LogP contribution < -0.4 is 0 Å². The molecule has 0 spiro atoms. The third-order valence-corrected chi connectivity index (χ3v) is 3.08. The molecule has 0 aromatic carbocycles. The van der Waals surface area contributed by atoms with E-state index in [9.17, 15) is 4.79 Å². The number of carbonyl (C=O) groups is 1. The van der Waals surface area contributed by atoms with Crippen molar-refractivity contribution in [2.75, 3.05) is 19.6 Å². The van der Waals surface area contributed by atoms with Crippen LogP contribution in [0.25, 0.3) is 10.4 Å². The molecule has 0 saturated carbocycles. The Kier molecular flexibility index (Phi) is 4.24. The van der Waals surface area contributed by atoms with Gasteiger partial charge in [0.25, 0.3) is 0 Å². The van der Waals surface area contributed by atoms with Gasteiger partial charge in [-0.25, -0.2) is 0 Å². The normalized spacial score (nSPS) is 25.5. The summed E-state index contributed by atoms with van der Waals surface area (Å²) in [5, 5.41) is 3.39. The SMILES string of the molecule is CCCCN1CCC(Cl)(CN=[N+]=[N-])C1=O. The van der Waals surface area contributed by atoms with Crippen molar-refractivity contribution in [3.63, 3.8) is 0 Å². The van der Waals surface area contributed by atoms with Gasteiger partial charge in [0.15, 0.2) is 0 Å². The quantitative estimate of drug-likeness (QED) is 0.309. The largest absolute Gasteiger partial charge is 0.341 e. The topological polar surface area (TPSA) is 69.1 Å². The van der Waals surface area contributed by atoms with Gasteiger partial charge < -0.3 is 4.90 Å². The summed E-state index contributed by atoms with van der Waals surface area (Å²) in [7, 11) is 0. The smallest absolute Gasteiger partial charge is 0.243 e. The minimum absolute atomic E-state index is 0.0481. The van der Waals surface area contributed by atoms with Crippen LogP contribution in [0.1, 0.15) is 26.2 Å². The Balaban J connectivity index is 2.57. The minimum atomic E-state index is -0.986. The molecule has 1 aliphatic rings. The Morgan fingerprint density at radius 1 is 1.73 bits per heavy atom. The van der Waals surface area contributed by atoms with Crippen LogP contribution in [0.3, 0.4) is 0 Å². The van der Waals surface area contributed by atoms with E-state index < -0.39 is 4.87 Å². The molecular formula is C9H15ClN4O. The molecule has 1 unspecified atom stereocenters. The maximum Gasteiger partial charge on any atom is 0.243 e.